The van der Waals surface area contributed by atoms with Crippen LogP contribution in [0.5, 0.6) is 5.75 Å². The number of rotatable bonds is 7. The number of hydrazone groups is 1. The van der Waals surface area contributed by atoms with Crippen molar-refractivity contribution >= 4 is 23.0 Å². The van der Waals surface area contributed by atoms with Crippen LogP contribution >= 0.6 is 0 Å². The van der Waals surface area contributed by atoms with E-state index >= 15 is 0 Å². The van der Waals surface area contributed by atoms with E-state index in [2.05, 4.69) is 25.7 Å². The number of para-hydroxylation sites is 1. The molecule has 0 aliphatic rings. The number of carbonyl (C=O) groups is 1. The lowest BCUT2D eigenvalue weighted by atomic mass is 10.1. The van der Waals surface area contributed by atoms with Crippen molar-refractivity contribution in [2.75, 3.05) is 0 Å². The number of nitrogens with zero attached hydrogens (tertiary/aromatic N) is 2. The number of hydrogen-bond donors (Lipinski definition) is 3. The van der Waals surface area contributed by atoms with E-state index in [4.69, 9.17) is 4.74 Å². The second-order valence-corrected chi connectivity index (χ2v) is 7.46. The molecule has 0 aliphatic heterocycles. The highest BCUT2D eigenvalue weighted by molar-refractivity contribution is 6.00. The minimum absolute atomic E-state index is 0.316. The average Bonchev–Trinajstić information content (AvgIpc) is 3.52. The zero-order valence-electron chi connectivity index (χ0n) is 17.7. The minimum Gasteiger partial charge on any atom is -0.489 e. The van der Waals surface area contributed by atoms with Crippen LogP contribution in [0, 0.1) is 0 Å². The molecule has 0 spiro atoms. The van der Waals surface area contributed by atoms with Gasteiger partial charge in [-0.05, 0) is 29.8 Å². The Bertz CT molecular complexity index is 1420. The van der Waals surface area contributed by atoms with E-state index in [9.17, 15) is 4.79 Å². The summed E-state index contributed by atoms with van der Waals surface area (Å²) in [6, 6.07) is 27.2. The first-order chi connectivity index (χ1) is 16.3. The molecule has 1 amide bonds. The molecule has 2 heterocycles. The fourth-order valence-electron chi connectivity index (χ4n) is 3.49. The molecular weight excluding hydrogens is 414 g/mol. The summed E-state index contributed by atoms with van der Waals surface area (Å²) in [5.41, 5.74) is 7.34. The Hall–Kier alpha value is -4.65. The van der Waals surface area contributed by atoms with Crippen molar-refractivity contribution in [1.29, 1.82) is 0 Å². The molecule has 162 valence electrons. The van der Waals surface area contributed by atoms with E-state index in [1.54, 1.807) is 12.3 Å². The summed E-state index contributed by atoms with van der Waals surface area (Å²) in [6.07, 6.45) is 3.46. The first kappa shape index (κ1) is 20.3. The van der Waals surface area contributed by atoms with E-state index < -0.39 is 0 Å². The molecule has 0 radical (unpaired) electrons. The maximum Gasteiger partial charge on any atom is 0.289 e. The van der Waals surface area contributed by atoms with E-state index in [0.29, 0.717) is 18.0 Å². The lowest BCUT2D eigenvalue weighted by molar-refractivity contribution is 0.0950. The Balaban J connectivity index is 1.23. The number of ether oxygens (including phenoxy) is 1. The molecule has 7 heteroatoms. The van der Waals surface area contributed by atoms with Crippen LogP contribution in [0.1, 0.15) is 21.6 Å². The van der Waals surface area contributed by atoms with Gasteiger partial charge in [0.1, 0.15) is 18.1 Å². The maximum absolute atomic E-state index is 12.5. The molecular formula is C26H21N5O2. The first-order valence-corrected chi connectivity index (χ1v) is 10.5. The molecule has 0 saturated heterocycles. The second-order valence-electron chi connectivity index (χ2n) is 7.46. The van der Waals surface area contributed by atoms with Gasteiger partial charge in [-0.1, -0.05) is 60.7 Å². The van der Waals surface area contributed by atoms with Crippen molar-refractivity contribution in [2.45, 2.75) is 6.61 Å². The lowest BCUT2D eigenvalue weighted by Gasteiger charge is -2.07. The van der Waals surface area contributed by atoms with Gasteiger partial charge in [0, 0.05) is 28.2 Å². The molecule has 3 aromatic carbocycles. The number of aromatic nitrogens is 3. The molecule has 0 unspecified atom stereocenters. The summed E-state index contributed by atoms with van der Waals surface area (Å²) >= 11 is 0. The van der Waals surface area contributed by atoms with Crippen molar-refractivity contribution in [3.63, 3.8) is 0 Å². The SMILES string of the molecule is O=C(N/N=C/c1c[nH]c2ccccc12)c1cc(-c2cccc(OCc3ccccc3)c2)n[nH]1. The van der Waals surface area contributed by atoms with Gasteiger partial charge in [-0.2, -0.15) is 10.2 Å². The van der Waals surface area contributed by atoms with Crippen LogP contribution < -0.4 is 10.2 Å². The monoisotopic (exact) mass is 435 g/mol. The van der Waals surface area contributed by atoms with Crippen LogP contribution in [0.2, 0.25) is 0 Å². The number of hydrogen-bond acceptors (Lipinski definition) is 4. The summed E-state index contributed by atoms with van der Waals surface area (Å²) in [6.45, 7) is 0.479. The topological polar surface area (TPSA) is 95.2 Å². The lowest BCUT2D eigenvalue weighted by Crippen LogP contribution is -2.17. The second kappa shape index (κ2) is 9.23. The zero-order valence-corrected chi connectivity index (χ0v) is 17.7. The first-order valence-electron chi connectivity index (χ1n) is 10.5. The molecule has 0 bridgehead atoms. The number of H-pyrrole nitrogens is 2. The van der Waals surface area contributed by atoms with E-state index in [1.807, 2.05) is 85.1 Å². The van der Waals surface area contributed by atoms with Gasteiger partial charge in [0.2, 0.25) is 0 Å². The van der Waals surface area contributed by atoms with Crippen molar-refractivity contribution in [2.24, 2.45) is 5.10 Å². The molecule has 0 fully saturated rings. The van der Waals surface area contributed by atoms with E-state index in [0.717, 1.165) is 33.3 Å². The van der Waals surface area contributed by atoms with Gasteiger partial charge in [0.05, 0.1) is 11.9 Å². The van der Waals surface area contributed by atoms with Crippen molar-refractivity contribution in [3.8, 4) is 17.0 Å². The summed E-state index contributed by atoms with van der Waals surface area (Å²) in [5, 5.41) is 12.2. The summed E-state index contributed by atoms with van der Waals surface area (Å²) in [4.78, 5) is 15.7. The van der Waals surface area contributed by atoms with E-state index in [1.165, 1.54) is 0 Å². The third kappa shape index (κ3) is 4.67. The molecule has 5 rings (SSSR count). The number of benzene rings is 3. The molecule has 0 saturated carbocycles. The number of fused-ring (bicyclic) bond motifs is 1. The highest BCUT2D eigenvalue weighted by Gasteiger charge is 2.11. The van der Waals surface area contributed by atoms with Gasteiger partial charge in [-0.25, -0.2) is 5.43 Å². The molecule has 33 heavy (non-hydrogen) atoms. The van der Waals surface area contributed by atoms with Gasteiger partial charge in [0.15, 0.2) is 0 Å². The van der Waals surface area contributed by atoms with Crippen molar-refractivity contribution < 1.29 is 9.53 Å². The highest BCUT2D eigenvalue weighted by Crippen LogP contribution is 2.23. The molecule has 3 N–H and O–H groups in total. The third-order valence-corrected chi connectivity index (χ3v) is 5.19. The Morgan fingerprint density at radius 2 is 1.85 bits per heavy atom. The molecule has 0 aliphatic carbocycles. The number of carbonyl (C=O) groups excluding carboxylic acids is 1. The van der Waals surface area contributed by atoms with Crippen LogP contribution in [-0.2, 0) is 6.61 Å². The quantitative estimate of drug-likeness (QED) is 0.251. The summed E-state index contributed by atoms with van der Waals surface area (Å²) in [5.74, 6) is 0.356. The Morgan fingerprint density at radius 3 is 2.76 bits per heavy atom. The standard InChI is InChI=1S/C26H21N5O2/c32-26(31-28-16-20-15-27-23-12-5-4-11-22(20)23)25-14-24(29-30-25)19-9-6-10-21(13-19)33-17-18-7-2-1-3-8-18/h1-16,27H,17H2,(H,29,30)(H,31,32)/b28-16+. The van der Waals surface area contributed by atoms with Crippen LogP contribution in [0.4, 0.5) is 0 Å². The molecule has 0 atom stereocenters. The van der Waals surface area contributed by atoms with Gasteiger partial charge >= 0.3 is 0 Å². The maximum atomic E-state index is 12.5. The van der Waals surface area contributed by atoms with Crippen molar-refractivity contribution in [3.05, 3.63) is 108 Å². The van der Waals surface area contributed by atoms with Gasteiger partial charge in [-0.15, -0.1) is 0 Å². The Kier molecular flexibility index (Phi) is 5.67. The number of nitrogens with one attached hydrogen (secondary N) is 3. The van der Waals surface area contributed by atoms with Crippen molar-refractivity contribution in [1.82, 2.24) is 20.6 Å². The van der Waals surface area contributed by atoms with Crippen LogP contribution in [-0.4, -0.2) is 27.3 Å². The third-order valence-electron chi connectivity index (χ3n) is 5.19. The molecule has 5 aromatic rings. The van der Waals surface area contributed by atoms with Crippen LogP contribution in [0.25, 0.3) is 22.2 Å². The fourth-order valence-corrected chi connectivity index (χ4v) is 3.49. The number of aromatic amines is 2. The van der Waals surface area contributed by atoms with Gasteiger partial charge in [-0.3, -0.25) is 9.89 Å². The largest absolute Gasteiger partial charge is 0.489 e. The Labute approximate surface area is 190 Å². The highest BCUT2D eigenvalue weighted by atomic mass is 16.5. The summed E-state index contributed by atoms with van der Waals surface area (Å²) < 4.78 is 5.89. The van der Waals surface area contributed by atoms with Crippen LogP contribution in [0.15, 0.2) is 96.2 Å². The smallest absolute Gasteiger partial charge is 0.289 e. The summed E-state index contributed by atoms with van der Waals surface area (Å²) in [7, 11) is 0. The van der Waals surface area contributed by atoms with E-state index in [-0.39, 0.29) is 5.91 Å². The van der Waals surface area contributed by atoms with Crippen LogP contribution in [0.3, 0.4) is 0 Å². The van der Waals surface area contributed by atoms with Gasteiger partial charge < -0.3 is 9.72 Å². The fraction of sp³-hybridized carbons (Fsp3) is 0.0385. The predicted molar refractivity (Wildman–Crippen MR) is 128 cm³/mol. The Morgan fingerprint density at radius 1 is 1.00 bits per heavy atom. The molecule has 2 aromatic heterocycles. The number of amides is 1. The van der Waals surface area contributed by atoms with Gasteiger partial charge in [0.25, 0.3) is 5.91 Å². The zero-order chi connectivity index (χ0) is 22.5. The molecule has 7 nitrogen and oxygen atoms in total. The minimum atomic E-state index is -0.374. The normalized spacial score (nSPS) is 11.2. The predicted octanol–water partition coefficient (Wildman–Crippen LogP) is 4.90. The average molecular weight is 435 g/mol.